The highest BCUT2D eigenvalue weighted by molar-refractivity contribution is 7.17. The first-order valence-electron chi connectivity index (χ1n) is 5.14. The Morgan fingerprint density at radius 2 is 2.25 bits per heavy atom. The van der Waals surface area contributed by atoms with Gasteiger partial charge in [0.05, 0.1) is 12.1 Å². The summed E-state index contributed by atoms with van der Waals surface area (Å²) in [7, 11) is 1.80. The first-order valence-corrected chi connectivity index (χ1v) is 6.56. The lowest BCUT2D eigenvalue weighted by atomic mass is 10.0. The quantitative estimate of drug-likeness (QED) is 0.824. The van der Waals surface area contributed by atoms with Crippen LogP contribution in [0.2, 0.25) is 0 Å². The predicted molar refractivity (Wildman–Crippen MR) is 70.4 cm³/mol. The lowest BCUT2D eigenvalue weighted by molar-refractivity contribution is 0.141. The molecular formula is C12H14ClNOS. The fourth-order valence-corrected chi connectivity index (χ4v) is 2.81. The van der Waals surface area contributed by atoms with E-state index in [1.807, 2.05) is 18.2 Å². The van der Waals surface area contributed by atoms with E-state index >= 15 is 0 Å². The van der Waals surface area contributed by atoms with Crippen LogP contribution in [0.5, 0.6) is 0 Å². The number of alkyl halides is 1. The fraction of sp³-hybridized carbons (Fsp3) is 0.333. The van der Waals surface area contributed by atoms with Crippen LogP contribution in [-0.4, -0.2) is 24.1 Å². The molecule has 0 fully saturated rings. The number of rotatable bonds is 4. The minimum absolute atomic E-state index is 0.113. The van der Waals surface area contributed by atoms with Crippen LogP contribution in [0.25, 0.3) is 10.1 Å². The summed E-state index contributed by atoms with van der Waals surface area (Å²) >= 11 is 7.49. The van der Waals surface area contributed by atoms with Gasteiger partial charge in [-0.2, -0.15) is 0 Å². The normalized spacial score (nSPS) is 15.2. The highest BCUT2D eigenvalue weighted by Gasteiger charge is 2.18. The number of hydrogen-bond donors (Lipinski definition) is 2. The molecular weight excluding hydrogens is 242 g/mol. The summed E-state index contributed by atoms with van der Waals surface area (Å²) in [6.07, 6.45) is -0.563. The Morgan fingerprint density at radius 3 is 2.94 bits per heavy atom. The maximum Gasteiger partial charge on any atom is 0.0954 e. The molecule has 0 saturated carbocycles. The number of thiophene rings is 1. The number of likely N-dealkylation sites (N-methyl/N-ethyl adjacent to an activating group) is 1. The second-order valence-corrected chi connectivity index (χ2v) is 4.97. The third-order valence-corrected chi connectivity index (χ3v) is 3.97. The molecule has 0 saturated heterocycles. The molecule has 2 N–H and O–H groups in total. The Balaban J connectivity index is 2.31. The molecule has 0 aliphatic rings. The van der Waals surface area contributed by atoms with Crippen LogP contribution >= 0.6 is 22.9 Å². The fourth-order valence-electron chi connectivity index (χ4n) is 1.72. The topological polar surface area (TPSA) is 32.3 Å². The number of aliphatic hydroxyl groups is 1. The third kappa shape index (κ3) is 2.23. The van der Waals surface area contributed by atoms with Crippen LogP contribution in [-0.2, 0) is 0 Å². The van der Waals surface area contributed by atoms with Crippen LogP contribution in [0, 0.1) is 0 Å². The van der Waals surface area contributed by atoms with Crippen molar-refractivity contribution >= 4 is 33.0 Å². The van der Waals surface area contributed by atoms with Crippen molar-refractivity contribution in [2.45, 2.75) is 12.1 Å². The van der Waals surface area contributed by atoms with Crippen molar-refractivity contribution in [1.82, 2.24) is 5.32 Å². The molecule has 2 rings (SSSR count). The molecule has 86 valence electrons. The zero-order valence-electron chi connectivity index (χ0n) is 8.98. The summed E-state index contributed by atoms with van der Waals surface area (Å²) in [6, 6.07) is 7.97. The average molecular weight is 256 g/mol. The molecule has 1 aromatic heterocycles. The Bertz CT molecular complexity index is 467. The van der Waals surface area contributed by atoms with Crippen LogP contribution in [0.15, 0.2) is 29.6 Å². The van der Waals surface area contributed by atoms with E-state index in [2.05, 4.69) is 16.8 Å². The molecule has 0 amide bonds. The molecule has 2 aromatic rings. The van der Waals surface area contributed by atoms with Gasteiger partial charge in [0.1, 0.15) is 0 Å². The number of benzene rings is 1. The van der Waals surface area contributed by atoms with E-state index < -0.39 is 6.10 Å². The largest absolute Gasteiger partial charge is 0.387 e. The summed E-state index contributed by atoms with van der Waals surface area (Å²) in [6.45, 7) is 0. The molecule has 0 spiro atoms. The molecule has 0 aliphatic carbocycles. The van der Waals surface area contributed by atoms with Crippen LogP contribution in [0.3, 0.4) is 0 Å². The minimum atomic E-state index is -0.563. The second-order valence-electron chi connectivity index (χ2n) is 3.71. The van der Waals surface area contributed by atoms with E-state index in [4.69, 9.17) is 11.6 Å². The van der Waals surface area contributed by atoms with Crippen LogP contribution < -0.4 is 5.32 Å². The zero-order valence-corrected chi connectivity index (χ0v) is 10.6. The van der Waals surface area contributed by atoms with Gasteiger partial charge in [-0.25, -0.2) is 0 Å². The molecule has 2 unspecified atom stereocenters. The van der Waals surface area contributed by atoms with Gasteiger partial charge in [-0.15, -0.1) is 22.9 Å². The first kappa shape index (κ1) is 11.9. The second kappa shape index (κ2) is 5.15. The number of nitrogens with one attached hydrogen (secondary N) is 1. The maximum atomic E-state index is 10.1. The molecule has 2 nitrogen and oxygen atoms in total. The van der Waals surface area contributed by atoms with Gasteiger partial charge in [-0.1, -0.05) is 6.07 Å². The van der Waals surface area contributed by atoms with Crippen molar-refractivity contribution in [1.29, 1.82) is 0 Å². The number of hydrogen-bond acceptors (Lipinski definition) is 3. The van der Waals surface area contributed by atoms with Gasteiger partial charge in [0.15, 0.2) is 0 Å². The van der Waals surface area contributed by atoms with E-state index in [1.165, 1.54) is 10.1 Å². The average Bonchev–Trinajstić information content (AvgIpc) is 2.77. The lowest BCUT2D eigenvalue weighted by Gasteiger charge is -2.20. The Labute approximate surface area is 104 Å². The van der Waals surface area contributed by atoms with Crippen molar-refractivity contribution in [3.8, 4) is 0 Å². The first-order chi connectivity index (χ1) is 7.76. The van der Waals surface area contributed by atoms with Crippen molar-refractivity contribution < 1.29 is 5.11 Å². The van der Waals surface area contributed by atoms with E-state index in [9.17, 15) is 5.11 Å². The number of halogens is 1. The van der Waals surface area contributed by atoms with E-state index in [1.54, 1.807) is 18.4 Å². The van der Waals surface area contributed by atoms with E-state index in [-0.39, 0.29) is 6.04 Å². The summed E-state index contributed by atoms with van der Waals surface area (Å²) in [5.41, 5.74) is 0.908. The van der Waals surface area contributed by atoms with Crippen molar-refractivity contribution in [2.24, 2.45) is 0 Å². The third-order valence-electron chi connectivity index (χ3n) is 2.74. The van der Waals surface area contributed by atoms with Gasteiger partial charge in [0.2, 0.25) is 0 Å². The molecule has 1 heterocycles. The van der Waals surface area contributed by atoms with Gasteiger partial charge < -0.3 is 10.4 Å². The van der Waals surface area contributed by atoms with Gasteiger partial charge in [-0.05, 0) is 41.6 Å². The van der Waals surface area contributed by atoms with Crippen LogP contribution in [0.4, 0.5) is 0 Å². The molecule has 4 heteroatoms. The lowest BCUT2D eigenvalue weighted by Crippen LogP contribution is -2.33. The molecule has 2 atom stereocenters. The predicted octanol–water partition coefficient (Wildman–Crippen LogP) is 2.76. The summed E-state index contributed by atoms with van der Waals surface area (Å²) in [4.78, 5) is 0. The van der Waals surface area contributed by atoms with E-state index in [0.717, 1.165) is 5.56 Å². The van der Waals surface area contributed by atoms with E-state index in [0.29, 0.717) is 5.88 Å². The monoisotopic (exact) mass is 255 g/mol. The van der Waals surface area contributed by atoms with Crippen LogP contribution in [0.1, 0.15) is 11.7 Å². The molecule has 16 heavy (non-hydrogen) atoms. The van der Waals surface area contributed by atoms with Crippen molar-refractivity contribution in [2.75, 3.05) is 12.9 Å². The number of aliphatic hydroxyl groups excluding tert-OH is 1. The molecule has 1 aromatic carbocycles. The van der Waals surface area contributed by atoms with Gasteiger partial charge >= 0.3 is 0 Å². The Kier molecular flexibility index (Phi) is 3.82. The van der Waals surface area contributed by atoms with Crippen molar-refractivity contribution in [3.63, 3.8) is 0 Å². The van der Waals surface area contributed by atoms with Gasteiger partial charge in [-0.3, -0.25) is 0 Å². The Hall–Kier alpha value is -0.610. The number of fused-ring (bicyclic) bond motifs is 1. The zero-order chi connectivity index (χ0) is 11.5. The summed E-state index contributed by atoms with van der Waals surface area (Å²) in [5.74, 6) is 0.388. The minimum Gasteiger partial charge on any atom is -0.387 e. The summed E-state index contributed by atoms with van der Waals surface area (Å²) in [5, 5.41) is 16.4. The molecule has 0 radical (unpaired) electrons. The molecule has 0 aliphatic heterocycles. The highest BCUT2D eigenvalue weighted by Crippen LogP contribution is 2.26. The summed E-state index contributed by atoms with van der Waals surface area (Å²) < 4.78 is 1.24. The van der Waals surface area contributed by atoms with Gasteiger partial charge in [0, 0.05) is 10.6 Å². The highest BCUT2D eigenvalue weighted by atomic mass is 35.5. The van der Waals surface area contributed by atoms with Gasteiger partial charge in [0.25, 0.3) is 0 Å². The van der Waals surface area contributed by atoms with Crippen molar-refractivity contribution in [3.05, 3.63) is 35.2 Å². The molecule has 0 bridgehead atoms. The Morgan fingerprint density at radius 1 is 1.44 bits per heavy atom. The smallest absolute Gasteiger partial charge is 0.0954 e. The standard InChI is InChI=1S/C12H14ClNOS/c1-14-10(7-13)12(15)9-2-3-11-8(6-9)4-5-16-11/h2-6,10,12,14-15H,7H2,1H3. The SMILES string of the molecule is CNC(CCl)C(O)c1ccc2sccc2c1. The maximum absolute atomic E-state index is 10.1.